The highest BCUT2D eigenvalue weighted by atomic mass is 35.5. The second kappa shape index (κ2) is 5.30. The van der Waals surface area contributed by atoms with Crippen molar-refractivity contribution in [2.24, 2.45) is 7.05 Å². The van der Waals surface area contributed by atoms with Gasteiger partial charge < -0.3 is 5.32 Å². The summed E-state index contributed by atoms with van der Waals surface area (Å²) in [4.78, 5) is 17.2. The second-order valence-electron chi connectivity index (χ2n) is 4.35. The Balaban J connectivity index is 2.29. The van der Waals surface area contributed by atoms with Crippen molar-refractivity contribution in [3.63, 3.8) is 0 Å². The van der Waals surface area contributed by atoms with Crippen molar-refractivity contribution >= 4 is 28.6 Å². The van der Waals surface area contributed by atoms with E-state index in [4.69, 9.17) is 11.6 Å². The quantitative estimate of drug-likeness (QED) is 0.946. The highest BCUT2D eigenvalue weighted by molar-refractivity contribution is 7.11. The molecule has 7 heteroatoms. The largest absolute Gasteiger partial charge is 0.375 e. The molecule has 0 fully saturated rings. The summed E-state index contributed by atoms with van der Waals surface area (Å²) in [6, 6.07) is 0.0256. The van der Waals surface area contributed by atoms with Crippen LogP contribution in [0.4, 0.5) is 5.69 Å². The Morgan fingerprint density at radius 2 is 2.16 bits per heavy atom. The lowest BCUT2D eigenvalue weighted by Crippen LogP contribution is -2.21. The second-order valence-corrected chi connectivity index (χ2v) is 5.96. The van der Waals surface area contributed by atoms with Crippen molar-refractivity contribution in [2.75, 3.05) is 5.32 Å². The molecule has 0 saturated heterocycles. The van der Waals surface area contributed by atoms with Crippen molar-refractivity contribution in [3.8, 4) is 0 Å². The zero-order chi connectivity index (χ0) is 14.2. The number of aryl methyl sites for hydroxylation is 3. The first kappa shape index (κ1) is 14.0. The van der Waals surface area contributed by atoms with E-state index in [-0.39, 0.29) is 16.6 Å². The Kier molecular flexibility index (Phi) is 3.91. The zero-order valence-electron chi connectivity index (χ0n) is 11.2. The minimum Gasteiger partial charge on any atom is -0.375 e. The van der Waals surface area contributed by atoms with Crippen LogP contribution < -0.4 is 10.9 Å². The highest BCUT2D eigenvalue weighted by Gasteiger charge is 2.15. The topological polar surface area (TPSA) is 59.8 Å². The first-order chi connectivity index (χ1) is 8.90. The van der Waals surface area contributed by atoms with E-state index in [0.29, 0.717) is 5.69 Å². The summed E-state index contributed by atoms with van der Waals surface area (Å²) in [6.07, 6.45) is 1.56. The fourth-order valence-electron chi connectivity index (χ4n) is 1.86. The van der Waals surface area contributed by atoms with Crippen LogP contribution in [0, 0.1) is 13.8 Å². The molecular formula is C12H15ClN4OS. The third-order valence-electron chi connectivity index (χ3n) is 2.78. The van der Waals surface area contributed by atoms with Gasteiger partial charge in [-0.05, 0) is 20.8 Å². The summed E-state index contributed by atoms with van der Waals surface area (Å²) < 4.78 is 1.21. The molecule has 0 amide bonds. The molecule has 2 aromatic rings. The Morgan fingerprint density at radius 1 is 1.47 bits per heavy atom. The van der Waals surface area contributed by atoms with Crippen LogP contribution in [-0.4, -0.2) is 14.8 Å². The van der Waals surface area contributed by atoms with Crippen molar-refractivity contribution in [3.05, 3.63) is 37.2 Å². The molecule has 0 aromatic carbocycles. The molecule has 0 aliphatic carbocycles. The van der Waals surface area contributed by atoms with E-state index in [0.717, 1.165) is 15.6 Å². The number of anilines is 1. The summed E-state index contributed by atoms with van der Waals surface area (Å²) in [5.41, 5.74) is 1.23. The van der Waals surface area contributed by atoms with Crippen LogP contribution in [0.15, 0.2) is 11.0 Å². The van der Waals surface area contributed by atoms with Crippen molar-refractivity contribution in [1.82, 2.24) is 14.8 Å². The molecule has 2 heterocycles. The number of halogens is 1. The highest BCUT2D eigenvalue weighted by Crippen LogP contribution is 2.28. The maximum absolute atomic E-state index is 11.7. The molecule has 0 aliphatic heterocycles. The van der Waals surface area contributed by atoms with Gasteiger partial charge in [-0.3, -0.25) is 4.79 Å². The van der Waals surface area contributed by atoms with Crippen LogP contribution in [0.5, 0.6) is 0 Å². The summed E-state index contributed by atoms with van der Waals surface area (Å²) in [7, 11) is 1.57. The van der Waals surface area contributed by atoms with E-state index in [9.17, 15) is 4.79 Å². The maximum Gasteiger partial charge on any atom is 0.287 e. The smallest absolute Gasteiger partial charge is 0.287 e. The van der Waals surface area contributed by atoms with Crippen LogP contribution in [0.25, 0.3) is 0 Å². The molecule has 0 bridgehead atoms. The first-order valence-electron chi connectivity index (χ1n) is 5.82. The van der Waals surface area contributed by atoms with Gasteiger partial charge in [-0.25, -0.2) is 9.67 Å². The summed E-state index contributed by atoms with van der Waals surface area (Å²) >= 11 is 7.66. The Morgan fingerprint density at radius 3 is 2.74 bits per heavy atom. The summed E-state index contributed by atoms with van der Waals surface area (Å²) in [6.45, 7) is 5.95. The fourth-order valence-corrected chi connectivity index (χ4v) is 3.01. The lowest BCUT2D eigenvalue weighted by atomic mass is 10.2. The molecule has 0 aliphatic rings. The zero-order valence-corrected chi connectivity index (χ0v) is 12.8. The van der Waals surface area contributed by atoms with Gasteiger partial charge in [0.1, 0.15) is 5.02 Å². The molecule has 5 nitrogen and oxygen atoms in total. The Hall–Kier alpha value is -1.40. The SMILES string of the molecule is Cc1nc(C)c(C(C)Nc2cnn(C)c(=O)c2Cl)s1. The molecule has 0 saturated carbocycles. The van der Waals surface area contributed by atoms with E-state index >= 15 is 0 Å². The molecule has 0 spiro atoms. The molecule has 1 N–H and O–H groups in total. The summed E-state index contributed by atoms with van der Waals surface area (Å²) in [5, 5.41) is 8.35. The summed E-state index contributed by atoms with van der Waals surface area (Å²) in [5.74, 6) is 0. The van der Waals surface area contributed by atoms with E-state index in [1.807, 2.05) is 20.8 Å². The van der Waals surface area contributed by atoms with E-state index < -0.39 is 0 Å². The molecule has 1 atom stereocenters. The molecule has 1 unspecified atom stereocenters. The van der Waals surface area contributed by atoms with E-state index in [2.05, 4.69) is 15.4 Å². The van der Waals surface area contributed by atoms with Gasteiger partial charge >= 0.3 is 0 Å². The Bertz CT molecular complexity index is 664. The van der Waals surface area contributed by atoms with Gasteiger partial charge in [0.2, 0.25) is 0 Å². The van der Waals surface area contributed by atoms with Crippen LogP contribution in [-0.2, 0) is 7.05 Å². The molecule has 0 radical (unpaired) electrons. The minimum absolute atomic E-state index is 0.0256. The average Bonchev–Trinajstić information content (AvgIpc) is 2.69. The lowest BCUT2D eigenvalue weighted by molar-refractivity contribution is 0.706. The molecule has 2 aromatic heterocycles. The monoisotopic (exact) mass is 298 g/mol. The van der Waals surface area contributed by atoms with Crippen LogP contribution in [0.2, 0.25) is 5.02 Å². The Labute approximate surface area is 120 Å². The van der Waals surface area contributed by atoms with Crippen molar-refractivity contribution in [1.29, 1.82) is 0 Å². The van der Waals surface area contributed by atoms with Gasteiger partial charge in [0.15, 0.2) is 0 Å². The predicted octanol–water partition coefficient (Wildman–Crippen LogP) is 2.68. The average molecular weight is 299 g/mol. The number of nitrogens with zero attached hydrogens (tertiary/aromatic N) is 3. The van der Waals surface area contributed by atoms with Crippen LogP contribution in [0.1, 0.15) is 28.5 Å². The number of rotatable bonds is 3. The van der Waals surface area contributed by atoms with Crippen molar-refractivity contribution in [2.45, 2.75) is 26.8 Å². The third kappa shape index (κ3) is 2.79. The molecule has 102 valence electrons. The molecule has 19 heavy (non-hydrogen) atoms. The van der Waals surface area contributed by atoms with Gasteiger partial charge in [0, 0.05) is 11.9 Å². The number of hydrogen-bond donors (Lipinski definition) is 1. The van der Waals surface area contributed by atoms with E-state index in [1.54, 1.807) is 24.6 Å². The predicted molar refractivity (Wildman–Crippen MR) is 78.1 cm³/mol. The fraction of sp³-hybridized carbons (Fsp3) is 0.417. The lowest BCUT2D eigenvalue weighted by Gasteiger charge is -2.15. The van der Waals surface area contributed by atoms with Crippen LogP contribution >= 0.6 is 22.9 Å². The number of aromatic nitrogens is 3. The molecule has 2 rings (SSSR count). The number of thiazole rings is 1. The molecular weight excluding hydrogens is 284 g/mol. The minimum atomic E-state index is -0.309. The first-order valence-corrected chi connectivity index (χ1v) is 7.02. The van der Waals surface area contributed by atoms with Gasteiger partial charge in [-0.15, -0.1) is 11.3 Å². The number of nitrogens with one attached hydrogen (secondary N) is 1. The maximum atomic E-state index is 11.7. The standard InChI is InChI=1S/C12H15ClN4OS/c1-6-11(19-8(3)15-6)7(2)16-9-5-14-17(4)12(18)10(9)13/h5,7,16H,1-4H3. The van der Waals surface area contributed by atoms with E-state index in [1.165, 1.54) is 4.68 Å². The van der Waals surface area contributed by atoms with Gasteiger partial charge in [-0.2, -0.15) is 5.10 Å². The number of hydrogen-bond acceptors (Lipinski definition) is 5. The van der Waals surface area contributed by atoms with Gasteiger partial charge in [0.05, 0.1) is 28.6 Å². The van der Waals surface area contributed by atoms with Gasteiger partial charge in [-0.1, -0.05) is 11.6 Å². The normalized spacial score (nSPS) is 12.5. The van der Waals surface area contributed by atoms with Crippen LogP contribution in [0.3, 0.4) is 0 Å². The third-order valence-corrected chi connectivity index (χ3v) is 4.40. The van der Waals surface area contributed by atoms with Crippen molar-refractivity contribution < 1.29 is 0 Å². The van der Waals surface area contributed by atoms with Gasteiger partial charge in [0.25, 0.3) is 5.56 Å².